The highest BCUT2D eigenvalue weighted by Gasteiger charge is 2.27. The molecule has 0 aliphatic carbocycles. The van der Waals surface area contributed by atoms with Crippen LogP contribution in [0.2, 0.25) is 0 Å². The van der Waals surface area contributed by atoms with Crippen molar-refractivity contribution in [3.8, 4) is 11.5 Å². The Bertz CT molecular complexity index is 613. The van der Waals surface area contributed by atoms with E-state index in [1.165, 1.54) is 18.2 Å². The molecule has 2 N–H and O–H groups in total. The Morgan fingerprint density at radius 2 is 2.05 bits per heavy atom. The fourth-order valence-corrected chi connectivity index (χ4v) is 1.54. The fourth-order valence-electron chi connectivity index (χ4n) is 1.54. The Morgan fingerprint density at radius 3 is 2.76 bits per heavy atom. The largest absolute Gasteiger partial charge is 0.411 e. The Hall–Kier alpha value is -2.16. The van der Waals surface area contributed by atoms with E-state index in [2.05, 4.69) is 14.9 Å². The molecule has 2 aromatic rings. The van der Waals surface area contributed by atoms with Gasteiger partial charge >= 0.3 is 6.18 Å². The first-order chi connectivity index (χ1) is 9.87. The standard InChI is InChI=1S/C12H11F4N3O2/c13-8-3-1-2-7(10(8)17)11-18-9(19-21-11)4-5-20-6-12(14,15)16/h1-3H,4-6,17H2. The van der Waals surface area contributed by atoms with Gasteiger partial charge in [0.2, 0.25) is 0 Å². The molecule has 0 bridgehead atoms. The molecule has 0 aliphatic heterocycles. The van der Waals surface area contributed by atoms with Gasteiger partial charge in [-0.2, -0.15) is 18.2 Å². The summed E-state index contributed by atoms with van der Waals surface area (Å²) < 4.78 is 58.2. The zero-order valence-corrected chi connectivity index (χ0v) is 10.7. The van der Waals surface area contributed by atoms with Crippen molar-refractivity contribution in [2.45, 2.75) is 12.6 Å². The first kappa shape index (κ1) is 15.2. The number of hydrogen-bond acceptors (Lipinski definition) is 5. The van der Waals surface area contributed by atoms with Gasteiger partial charge in [-0.3, -0.25) is 0 Å². The van der Waals surface area contributed by atoms with Crippen LogP contribution < -0.4 is 5.73 Å². The topological polar surface area (TPSA) is 74.2 Å². The molecule has 5 nitrogen and oxygen atoms in total. The normalized spacial score (nSPS) is 11.8. The molecule has 0 aliphatic rings. The third-order valence-corrected chi connectivity index (χ3v) is 2.49. The molecule has 0 amide bonds. The third kappa shape index (κ3) is 4.15. The van der Waals surface area contributed by atoms with Gasteiger partial charge in [-0.05, 0) is 12.1 Å². The van der Waals surface area contributed by atoms with E-state index in [9.17, 15) is 17.6 Å². The predicted molar refractivity (Wildman–Crippen MR) is 64.7 cm³/mol. The van der Waals surface area contributed by atoms with Gasteiger partial charge in [-0.1, -0.05) is 11.2 Å². The Balaban J connectivity index is 1.97. The Labute approximate surface area is 116 Å². The van der Waals surface area contributed by atoms with Crippen molar-refractivity contribution in [2.75, 3.05) is 18.9 Å². The zero-order chi connectivity index (χ0) is 15.5. The lowest BCUT2D eigenvalue weighted by atomic mass is 10.2. The second-order valence-corrected chi connectivity index (χ2v) is 4.13. The lowest BCUT2D eigenvalue weighted by Crippen LogP contribution is -2.18. The van der Waals surface area contributed by atoms with E-state index in [1.54, 1.807) is 0 Å². The quantitative estimate of drug-likeness (QED) is 0.522. The van der Waals surface area contributed by atoms with Gasteiger partial charge in [0, 0.05) is 6.42 Å². The number of benzene rings is 1. The van der Waals surface area contributed by atoms with E-state index >= 15 is 0 Å². The Kier molecular flexibility index (Phi) is 4.41. The van der Waals surface area contributed by atoms with Crippen LogP contribution in [0.15, 0.2) is 22.7 Å². The molecule has 0 fully saturated rings. The van der Waals surface area contributed by atoms with Gasteiger partial charge in [-0.25, -0.2) is 4.39 Å². The second-order valence-electron chi connectivity index (χ2n) is 4.13. The van der Waals surface area contributed by atoms with Crippen LogP contribution in [0, 0.1) is 5.82 Å². The van der Waals surface area contributed by atoms with E-state index in [0.29, 0.717) is 0 Å². The molecule has 9 heteroatoms. The van der Waals surface area contributed by atoms with E-state index in [4.69, 9.17) is 10.3 Å². The first-order valence-corrected chi connectivity index (χ1v) is 5.88. The molecule has 0 saturated carbocycles. The maximum absolute atomic E-state index is 13.3. The minimum atomic E-state index is -4.38. The summed E-state index contributed by atoms with van der Waals surface area (Å²) >= 11 is 0. The fraction of sp³-hybridized carbons (Fsp3) is 0.333. The van der Waals surface area contributed by atoms with Crippen molar-refractivity contribution in [1.29, 1.82) is 0 Å². The minimum Gasteiger partial charge on any atom is -0.396 e. The second kappa shape index (κ2) is 6.08. The number of anilines is 1. The molecule has 0 saturated heterocycles. The molecule has 1 aromatic carbocycles. The van der Waals surface area contributed by atoms with E-state index < -0.39 is 18.6 Å². The van der Waals surface area contributed by atoms with Crippen LogP contribution in [-0.2, 0) is 11.2 Å². The van der Waals surface area contributed by atoms with Crippen molar-refractivity contribution < 1.29 is 26.8 Å². The summed E-state index contributed by atoms with van der Waals surface area (Å²) in [6, 6.07) is 4.11. The molecule has 2 rings (SSSR count). The maximum atomic E-state index is 13.3. The maximum Gasteiger partial charge on any atom is 0.411 e. The van der Waals surface area contributed by atoms with Gasteiger partial charge < -0.3 is 15.0 Å². The van der Waals surface area contributed by atoms with Crippen LogP contribution >= 0.6 is 0 Å². The van der Waals surface area contributed by atoms with Crippen LogP contribution in [0.3, 0.4) is 0 Å². The summed E-state index contributed by atoms with van der Waals surface area (Å²) in [4.78, 5) is 3.93. The number of ether oxygens (including phenoxy) is 1. The average molecular weight is 305 g/mol. The molecule has 0 unspecified atom stereocenters. The van der Waals surface area contributed by atoms with Crippen LogP contribution in [-0.4, -0.2) is 29.5 Å². The number of nitrogens with zero attached hydrogens (tertiary/aromatic N) is 2. The molecule has 0 radical (unpaired) electrons. The van der Waals surface area contributed by atoms with E-state index in [-0.39, 0.29) is 36.0 Å². The number of hydrogen-bond donors (Lipinski definition) is 1. The summed E-state index contributed by atoms with van der Waals surface area (Å²) in [5.41, 5.74) is 5.63. The van der Waals surface area contributed by atoms with Crippen molar-refractivity contribution in [1.82, 2.24) is 10.1 Å². The van der Waals surface area contributed by atoms with Gasteiger partial charge in [0.1, 0.15) is 12.4 Å². The van der Waals surface area contributed by atoms with Crippen LogP contribution in [0.4, 0.5) is 23.2 Å². The first-order valence-electron chi connectivity index (χ1n) is 5.88. The van der Waals surface area contributed by atoms with Crippen molar-refractivity contribution in [3.63, 3.8) is 0 Å². The van der Waals surface area contributed by atoms with Gasteiger partial charge in [0.15, 0.2) is 5.82 Å². The lowest BCUT2D eigenvalue weighted by molar-refractivity contribution is -0.173. The SMILES string of the molecule is Nc1c(F)cccc1-c1nc(CCOCC(F)(F)F)no1. The highest BCUT2D eigenvalue weighted by Crippen LogP contribution is 2.26. The predicted octanol–water partition coefficient (Wildman–Crippen LogP) is 2.58. The summed E-state index contributed by atoms with van der Waals surface area (Å²) in [5.74, 6) is -0.477. The minimum absolute atomic E-state index is 0.00202. The number of nitrogens with two attached hydrogens (primary N) is 1. The summed E-state index contributed by atoms with van der Waals surface area (Å²) in [6.45, 7) is -1.55. The summed E-state index contributed by atoms with van der Waals surface area (Å²) in [5, 5.41) is 3.57. The van der Waals surface area contributed by atoms with Crippen molar-refractivity contribution in [2.24, 2.45) is 0 Å². The summed E-state index contributed by atoms with van der Waals surface area (Å²) in [7, 11) is 0. The van der Waals surface area contributed by atoms with Gasteiger partial charge in [0.05, 0.1) is 17.9 Å². The van der Waals surface area contributed by atoms with Crippen LogP contribution in [0.5, 0.6) is 0 Å². The third-order valence-electron chi connectivity index (χ3n) is 2.49. The molecule has 0 spiro atoms. The Morgan fingerprint density at radius 1 is 1.29 bits per heavy atom. The number of halogens is 4. The van der Waals surface area contributed by atoms with E-state index in [0.717, 1.165) is 0 Å². The smallest absolute Gasteiger partial charge is 0.396 e. The van der Waals surface area contributed by atoms with Crippen molar-refractivity contribution in [3.05, 3.63) is 29.8 Å². The molecule has 1 heterocycles. The van der Waals surface area contributed by atoms with Gasteiger partial charge in [-0.15, -0.1) is 0 Å². The van der Waals surface area contributed by atoms with Crippen molar-refractivity contribution >= 4 is 5.69 Å². The zero-order valence-electron chi connectivity index (χ0n) is 10.7. The number of rotatable bonds is 5. The summed E-state index contributed by atoms with van der Waals surface area (Å²) in [6.07, 6.45) is -4.34. The van der Waals surface area contributed by atoms with E-state index in [1.807, 2.05) is 0 Å². The number of nitrogen functional groups attached to an aromatic ring is 1. The molecular formula is C12H11F4N3O2. The van der Waals surface area contributed by atoms with Gasteiger partial charge in [0.25, 0.3) is 5.89 Å². The highest BCUT2D eigenvalue weighted by atomic mass is 19.4. The number of para-hydroxylation sites is 1. The molecule has 1 aromatic heterocycles. The van der Waals surface area contributed by atoms with Crippen LogP contribution in [0.1, 0.15) is 5.82 Å². The van der Waals surface area contributed by atoms with Crippen LogP contribution in [0.25, 0.3) is 11.5 Å². The average Bonchev–Trinajstić information content (AvgIpc) is 2.85. The highest BCUT2D eigenvalue weighted by molar-refractivity contribution is 5.70. The molecule has 0 atom stereocenters. The lowest BCUT2D eigenvalue weighted by Gasteiger charge is -2.05. The number of aromatic nitrogens is 2. The monoisotopic (exact) mass is 305 g/mol. The number of alkyl halides is 3. The molecular weight excluding hydrogens is 294 g/mol. The molecule has 21 heavy (non-hydrogen) atoms. The molecule has 114 valence electrons.